The minimum atomic E-state index is -0.456. The normalized spacial score (nSPS) is 15.4. The zero-order valence-electron chi connectivity index (χ0n) is 19.0. The molecular weight excluding hydrogens is 414 g/mol. The quantitative estimate of drug-likeness (QED) is 0.594. The second-order valence-electron chi connectivity index (χ2n) is 8.52. The molecule has 6 heteroatoms. The first kappa shape index (κ1) is 22.3. The van der Waals surface area contributed by atoms with Crippen LogP contribution in [0.15, 0.2) is 66.7 Å². The van der Waals surface area contributed by atoms with Crippen LogP contribution in [0, 0.1) is 26.7 Å². The van der Waals surface area contributed by atoms with Crippen molar-refractivity contribution in [2.24, 2.45) is 5.92 Å². The Hall–Kier alpha value is -3.93. The molecule has 0 radical (unpaired) electrons. The van der Waals surface area contributed by atoms with Crippen LogP contribution >= 0.6 is 0 Å². The lowest BCUT2D eigenvalue weighted by Gasteiger charge is -2.18. The van der Waals surface area contributed by atoms with Gasteiger partial charge in [0.25, 0.3) is 5.91 Å². The fourth-order valence-electron chi connectivity index (χ4n) is 4.00. The van der Waals surface area contributed by atoms with Crippen molar-refractivity contribution in [1.29, 1.82) is 0 Å². The van der Waals surface area contributed by atoms with Crippen LogP contribution < -0.4 is 15.5 Å². The highest BCUT2D eigenvalue weighted by molar-refractivity contribution is 6.07. The van der Waals surface area contributed by atoms with Crippen molar-refractivity contribution >= 4 is 34.8 Å². The predicted octanol–water partition coefficient (Wildman–Crippen LogP) is 4.86. The molecule has 168 valence electrons. The summed E-state index contributed by atoms with van der Waals surface area (Å²) in [4.78, 5) is 39.9. The molecule has 1 atom stereocenters. The molecule has 33 heavy (non-hydrogen) atoms. The molecule has 3 aromatic rings. The van der Waals surface area contributed by atoms with Gasteiger partial charge >= 0.3 is 0 Å². The van der Waals surface area contributed by atoms with Crippen molar-refractivity contribution in [3.63, 3.8) is 0 Å². The Morgan fingerprint density at radius 1 is 0.909 bits per heavy atom. The van der Waals surface area contributed by atoms with E-state index in [1.165, 1.54) is 0 Å². The van der Waals surface area contributed by atoms with Gasteiger partial charge in [-0.25, -0.2) is 0 Å². The van der Waals surface area contributed by atoms with E-state index >= 15 is 0 Å². The molecule has 3 amide bonds. The fraction of sp³-hybridized carbons (Fsp3) is 0.222. The molecule has 0 aromatic heterocycles. The summed E-state index contributed by atoms with van der Waals surface area (Å²) in [5.74, 6) is -1.01. The molecule has 2 N–H and O–H groups in total. The van der Waals surface area contributed by atoms with Crippen LogP contribution in [-0.2, 0) is 9.59 Å². The van der Waals surface area contributed by atoms with E-state index in [0.29, 0.717) is 16.9 Å². The van der Waals surface area contributed by atoms with E-state index in [-0.39, 0.29) is 30.7 Å². The lowest BCUT2D eigenvalue weighted by molar-refractivity contribution is -0.122. The van der Waals surface area contributed by atoms with Crippen LogP contribution in [-0.4, -0.2) is 24.3 Å². The van der Waals surface area contributed by atoms with Crippen molar-refractivity contribution in [2.45, 2.75) is 27.2 Å². The second kappa shape index (κ2) is 9.28. The third-order valence-electron chi connectivity index (χ3n) is 6.05. The number of carbonyl (C=O) groups excluding carboxylic acids is 3. The van der Waals surface area contributed by atoms with Gasteiger partial charge in [-0.2, -0.15) is 0 Å². The molecule has 3 aromatic carbocycles. The molecule has 0 saturated carbocycles. The average molecular weight is 442 g/mol. The Bertz CT molecular complexity index is 1230. The summed E-state index contributed by atoms with van der Waals surface area (Å²) in [5.41, 5.74) is 5.70. The Morgan fingerprint density at radius 3 is 2.45 bits per heavy atom. The minimum Gasteiger partial charge on any atom is -0.326 e. The molecule has 0 unspecified atom stereocenters. The number of carbonyl (C=O) groups is 3. The van der Waals surface area contributed by atoms with Gasteiger partial charge in [0.15, 0.2) is 0 Å². The Kier molecular flexibility index (Phi) is 6.27. The monoisotopic (exact) mass is 441 g/mol. The highest BCUT2D eigenvalue weighted by atomic mass is 16.2. The van der Waals surface area contributed by atoms with Crippen LogP contribution in [0.4, 0.5) is 17.1 Å². The van der Waals surface area contributed by atoms with Gasteiger partial charge < -0.3 is 15.5 Å². The number of hydrogen-bond acceptors (Lipinski definition) is 3. The number of rotatable bonds is 5. The summed E-state index contributed by atoms with van der Waals surface area (Å²) >= 11 is 0. The summed E-state index contributed by atoms with van der Waals surface area (Å²) in [5, 5.41) is 5.85. The SMILES string of the molecule is Cc1cccc(NC(=O)c2cccc(N3C[C@@H](C(=O)Nc4cccc(C)c4C)CC3=O)c2)c1. The number of amides is 3. The van der Waals surface area contributed by atoms with E-state index in [0.717, 1.165) is 22.4 Å². The molecule has 6 nitrogen and oxygen atoms in total. The first-order chi connectivity index (χ1) is 15.8. The second-order valence-corrected chi connectivity index (χ2v) is 8.52. The maximum Gasteiger partial charge on any atom is 0.255 e. The molecule has 0 spiro atoms. The van der Waals surface area contributed by atoms with Crippen molar-refractivity contribution in [3.8, 4) is 0 Å². The van der Waals surface area contributed by atoms with Gasteiger partial charge in [0.05, 0.1) is 5.92 Å². The van der Waals surface area contributed by atoms with E-state index in [9.17, 15) is 14.4 Å². The molecule has 1 fully saturated rings. The van der Waals surface area contributed by atoms with Crippen molar-refractivity contribution in [3.05, 3.63) is 89.0 Å². The van der Waals surface area contributed by atoms with E-state index in [2.05, 4.69) is 10.6 Å². The van der Waals surface area contributed by atoms with E-state index in [1.807, 2.05) is 63.2 Å². The number of anilines is 3. The fourth-order valence-corrected chi connectivity index (χ4v) is 4.00. The van der Waals surface area contributed by atoms with E-state index < -0.39 is 5.92 Å². The largest absolute Gasteiger partial charge is 0.326 e. The minimum absolute atomic E-state index is 0.132. The Morgan fingerprint density at radius 2 is 1.67 bits per heavy atom. The third kappa shape index (κ3) is 4.95. The number of hydrogen-bond donors (Lipinski definition) is 2. The molecule has 0 aliphatic carbocycles. The van der Waals surface area contributed by atoms with Gasteiger partial charge in [-0.15, -0.1) is 0 Å². The predicted molar refractivity (Wildman–Crippen MR) is 131 cm³/mol. The number of nitrogens with one attached hydrogen (secondary N) is 2. The summed E-state index contributed by atoms with van der Waals surface area (Å²) in [7, 11) is 0. The van der Waals surface area contributed by atoms with E-state index in [4.69, 9.17) is 0 Å². The maximum absolute atomic E-state index is 12.9. The highest BCUT2D eigenvalue weighted by Crippen LogP contribution is 2.28. The van der Waals surface area contributed by atoms with Gasteiger partial charge in [0.2, 0.25) is 11.8 Å². The molecule has 1 aliphatic rings. The van der Waals surface area contributed by atoms with Crippen molar-refractivity contribution < 1.29 is 14.4 Å². The molecule has 0 bridgehead atoms. The molecule has 1 saturated heterocycles. The van der Waals surface area contributed by atoms with Gasteiger partial charge in [-0.1, -0.05) is 30.3 Å². The van der Waals surface area contributed by atoms with E-state index in [1.54, 1.807) is 29.2 Å². The molecule has 4 rings (SSSR count). The summed E-state index contributed by atoms with van der Waals surface area (Å²) in [6, 6.07) is 20.3. The van der Waals surface area contributed by atoms with Gasteiger partial charge in [0.1, 0.15) is 0 Å². The standard InChI is InChI=1S/C27H27N3O3/c1-17-7-4-10-22(13-17)28-26(32)20-9-6-11-23(14-20)30-16-21(15-25(30)31)27(33)29-24-12-5-8-18(2)19(24)3/h4-14,21H,15-16H2,1-3H3,(H,28,32)(H,29,33)/t21-/m0/s1. The summed E-state index contributed by atoms with van der Waals surface area (Å²) in [6.07, 6.45) is 0.135. The van der Waals surface area contributed by atoms with Gasteiger partial charge in [-0.05, 0) is 73.9 Å². The molecular formula is C27H27N3O3. The zero-order chi connectivity index (χ0) is 23.5. The number of nitrogens with zero attached hydrogens (tertiary/aromatic N) is 1. The molecule has 1 aliphatic heterocycles. The van der Waals surface area contributed by atoms with Crippen LogP contribution in [0.3, 0.4) is 0 Å². The summed E-state index contributed by atoms with van der Waals surface area (Å²) < 4.78 is 0. The first-order valence-electron chi connectivity index (χ1n) is 11.0. The Balaban J connectivity index is 1.46. The van der Waals surface area contributed by atoms with Gasteiger partial charge in [0, 0.05) is 35.6 Å². The topological polar surface area (TPSA) is 78.5 Å². The van der Waals surface area contributed by atoms with Gasteiger partial charge in [-0.3, -0.25) is 14.4 Å². The highest BCUT2D eigenvalue weighted by Gasteiger charge is 2.35. The lowest BCUT2D eigenvalue weighted by atomic mass is 10.1. The number of benzene rings is 3. The lowest BCUT2D eigenvalue weighted by Crippen LogP contribution is -2.28. The maximum atomic E-state index is 12.9. The zero-order valence-corrected chi connectivity index (χ0v) is 19.0. The molecule has 1 heterocycles. The third-order valence-corrected chi connectivity index (χ3v) is 6.05. The van der Waals surface area contributed by atoms with Crippen molar-refractivity contribution in [1.82, 2.24) is 0 Å². The summed E-state index contributed by atoms with van der Waals surface area (Å²) in [6.45, 7) is 6.19. The van der Waals surface area contributed by atoms with Crippen LogP contribution in [0.2, 0.25) is 0 Å². The first-order valence-corrected chi connectivity index (χ1v) is 11.0. The van der Waals surface area contributed by atoms with Crippen LogP contribution in [0.1, 0.15) is 33.5 Å². The van der Waals surface area contributed by atoms with Crippen LogP contribution in [0.25, 0.3) is 0 Å². The number of aryl methyl sites for hydroxylation is 2. The smallest absolute Gasteiger partial charge is 0.255 e. The van der Waals surface area contributed by atoms with Crippen molar-refractivity contribution in [2.75, 3.05) is 22.1 Å². The van der Waals surface area contributed by atoms with Crippen LogP contribution in [0.5, 0.6) is 0 Å². The Labute approximate surface area is 193 Å². The average Bonchev–Trinajstić information content (AvgIpc) is 3.19.